The summed E-state index contributed by atoms with van der Waals surface area (Å²) >= 11 is 0. The van der Waals surface area contributed by atoms with E-state index in [0.717, 1.165) is 19.3 Å². The van der Waals surface area contributed by atoms with Crippen LogP contribution in [0.4, 0.5) is 0 Å². The summed E-state index contributed by atoms with van der Waals surface area (Å²) in [5.74, 6) is -1.17. The summed E-state index contributed by atoms with van der Waals surface area (Å²) in [6, 6.07) is -0.804. The molecule has 0 aliphatic heterocycles. The molecule has 127 valence electrons. The first-order valence-corrected chi connectivity index (χ1v) is 8.49. The van der Waals surface area contributed by atoms with Gasteiger partial charge in [-0.15, -0.1) is 0 Å². The van der Waals surface area contributed by atoms with Crippen LogP contribution >= 0.6 is 0 Å². The second-order valence-electron chi connectivity index (χ2n) is 5.75. The zero-order valence-electron chi connectivity index (χ0n) is 13.7. The van der Waals surface area contributed by atoms with Crippen LogP contribution in [0.1, 0.15) is 84.0 Å². The Kier molecular flexibility index (Phi) is 13.6. The van der Waals surface area contributed by atoms with Gasteiger partial charge in [0.2, 0.25) is 12.2 Å². The van der Waals surface area contributed by atoms with Crippen molar-refractivity contribution in [1.82, 2.24) is 5.32 Å². The van der Waals surface area contributed by atoms with Gasteiger partial charge in [0.25, 0.3) is 0 Å². The van der Waals surface area contributed by atoms with Crippen LogP contribution in [-0.2, 0) is 14.4 Å². The van der Waals surface area contributed by atoms with Crippen LogP contribution < -0.4 is 5.32 Å². The van der Waals surface area contributed by atoms with E-state index in [0.29, 0.717) is 6.42 Å². The van der Waals surface area contributed by atoms with Crippen molar-refractivity contribution < 1.29 is 19.5 Å². The van der Waals surface area contributed by atoms with Gasteiger partial charge in [-0.3, -0.25) is 14.4 Å². The molecule has 5 heteroatoms. The zero-order valence-corrected chi connectivity index (χ0v) is 13.7. The maximum atomic E-state index is 11.6. The summed E-state index contributed by atoms with van der Waals surface area (Å²) in [5, 5.41) is 11.1. The molecular weight excluding hydrogens is 282 g/mol. The van der Waals surface area contributed by atoms with E-state index >= 15 is 0 Å². The topological polar surface area (TPSA) is 83.5 Å². The molecular formula is C17H30NO4. The van der Waals surface area contributed by atoms with Crippen molar-refractivity contribution in [3.05, 3.63) is 0 Å². The van der Waals surface area contributed by atoms with Crippen molar-refractivity contribution >= 4 is 18.2 Å². The van der Waals surface area contributed by atoms with Crippen LogP contribution in [0.5, 0.6) is 0 Å². The van der Waals surface area contributed by atoms with E-state index in [4.69, 9.17) is 5.11 Å². The van der Waals surface area contributed by atoms with Crippen molar-refractivity contribution in [3.8, 4) is 0 Å². The summed E-state index contributed by atoms with van der Waals surface area (Å²) in [4.78, 5) is 32.7. The van der Waals surface area contributed by atoms with Crippen LogP contribution in [0.3, 0.4) is 0 Å². The van der Waals surface area contributed by atoms with Gasteiger partial charge in [-0.05, 0) is 12.8 Å². The second-order valence-corrected chi connectivity index (χ2v) is 5.75. The normalized spacial score (nSPS) is 11.9. The van der Waals surface area contributed by atoms with E-state index in [1.54, 1.807) is 6.29 Å². The van der Waals surface area contributed by atoms with Crippen LogP contribution in [-0.4, -0.2) is 29.3 Å². The highest BCUT2D eigenvalue weighted by Crippen LogP contribution is 2.10. The Morgan fingerprint density at radius 2 is 1.50 bits per heavy atom. The van der Waals surface area contributed by atoms with Gasteiger partial charge in [-0.1, -0.05) is 58.3 Å². The molecule has 0 unspecified atom stereocenters. The smallest absolute Gasteiger partial charge is 0.303 e. The van der Waals surface area contributed by atoms with Gasteiger partial charge in [0.15, 0.2) is 0 Å². The molecule has 0 saturated heterocycles. The zero-order chi connectivity index (χ0) is 16.6. The molecule has 1 atom stereocenters. The minimum atomic E-state index is -0.978. The highest BCUT2D eigenvalue weighted by molar-refractivity contribution is 5.80. The Hall–Kier alpha value is -1.39. The number of nitrogens with one attached hydrogen (secondary N) is 1. The summed E-state index contributed by atoms with van der Waals surface area (Å²) in [7, 11) is 0. The van der Waals surface area contributed by atoms with Gasteiger partial charge in [-0.25, -0.2) is 0 Å². The molecule has 0 aliphatic carbocycles. The van der Waals surface area contributed by atoms with Gasteiger partial charge in [0, 0.05) is 12.8 Å². The largest absolute Gasteiger partial charge is 0.481 e. The van der Waals surface area contributed by atoms with Crippen molar-refractivity contribution in [2.24, 2.45) is 0 Å². The first kappa shape index (κ1) is 20.6. The third-order valence-electron chi connectivity index (χ3n) is 3.63. The summed E-state index contributed by atoms with van der Waals surface area (Å²) in [6.07, 6.45) is 12.7. The molecule has 1 amide bonds. The molecule has 0 spiro atoms. The van der Waals surface area contributed by atoms with E-state index < -0.39 is 12.0 Å². The number of amides is 1. The molecule has 22 heavy (non-hydrogen) atoms. The number of rotatable bonds is 15. The maximum absolute atomic E-state index is 11.6. The fraction of sp³-hybridized carbons (Fsp3) is 0.824. The Balaban J connectivity index is 3.51. The molecule has 0 fully saturated rings. The lowest BCUT2D eigenvalue weighted by Gasteiger charge is -2.10. The van der Waals surface area contributed by atoms with Gasteiger partial charge in [0.05, 0.1) is 6.04 Å². The average Bonchev–Trinajstić information content (AvgIpc) is 2.49. The Bertz CT molecular complexity index is 318. The molecule has 2 N–H and O–H groups in total. The van der Waals surface area contributed by atoms with Crippen LogP contribution in [0.25, 0.3) is 0 Å². The maximum Gasteiger partial charge on any atom is 0.303 e. The van der Waals surface area contributed by atoms with E-state index in [-0.39, 0.29) is 18.7 Å². The lowest BCUT2D eigenvalue weighted by molar-refractivity contribution is -0.137. The fourth-order valence-electron chi connectivity index (χ4n) is 2.29. The highest BCUT2D eigenvalue weighted by Gasteiger charge is 2.13. The van der Waals surface area contributed by atoms with Gasteiger partial charge >= 0.3 is 5.97 Å². The van der Waals surface area contributed by atoms with Crippen molar-refractivity contribution in [3.63, 3.8) is 0 Å². The van der Waals surface area contributed by atoms with Crippen molar-refractivity contribution in [1.29, 1.82) is 0 Å². The summed E-state index contributed by atoms with van der Waals surface area (Å²) in [6.45, 7) is 2.21. The minimum Gasteiger partial charge on any atom is -0.481 e. The molecule has 0 aliphatic rings. The number of carboxylic acid groups (broad SMARTS) is 1. The van der Waals surface area contributed by atoms with E-state index in [2.05, 4.69) is 12.2 Å². The first-order valence-electron chi connectivity index (χ1n) is 8.49. The summed E-state index contributed by atoms with van der Waals surface area (Å²) < 4.78 is 0. The molecule has 0 rings (SSSR count). The van der Waals surface area contributed by atoms with Gasteiger partial charge < -0.3 is 10.4 Å². The predicted octanol–water partition coefficient (Wildman–Crippen LogP) is 3.37. The number of carbonyl (C=O) groups excluding carboxylic acids is 2. The first-order chi connectivity index (χ1) is 10.6. The molecule has 0 aromatic carbocycles. The van der Waals surface area contributed by atoms with Crippen molar-refractivity contribution in [2.45, 2.75) is 90.0 Å². The number of unbranched alkanes of at least 4 members (excludes halogenated alkanes) is 8. The lowest BCUT2D eigenvalue weighted by atomic mass is 10.1. The third kappa shape index (κ3) is 13.6. The highest BCUT2D eigenvalue weighted by atomic mass is 16.4. The SMILES string of the molecule is CCCCCCCCCCCC(=O)N[C@H]([C]=O)CCC(=O)O. The van der Waals surface area contributed by atoms with Crippen LogP contribution in [0, 0.1) is 0 Å². The van der Waals surface area contributed by atoms with Gasteiger partial charge in [-0.2, -0.15) is 0 Å². The molecule has 5 nitrogen and oxygen atoms in total. The average molecular weight is 312 g/mol. The number of aliphatic carboxylic acids is 1. The van der Waals surface area contributed by atoms with E-state index in [9.17, 15) is 14.4 Å². The number of carboxylic acids is 1. The van der Waals surface area contributed by atoms with Gasteiger partial charge in [0.1, 0.15) is 0 Å². The summed E-state index contributed by atoms with van der Waals surface area (Å²) in [5.41, 5.74) is 0. The predicted molar refractivity (Wildman–Crippen MR) is 86.3 cm³/mol. The molecule has 0 aromatic heterocycles. The Morgan fingerprint density at radius 1 is 0.955 bits per heavy atom. The van der Waals surface area contributed by atoms with E-state index in [1.807, 2.05) is 0 Å². The minimum absolute atomic E-state index is 0.0995. The van der Waals surface area contributed by atoms with E-state index in [1.165, 1.54) is 38.5 Å². The van der Waals surface area contributed by atoms with Crippen LogP contribution in [0.15, 0.2) is 0 Å². The molecule has 0 heterocycles. The molecule has 0 bridgehead atoms. The molecule has 0 aromatic rings. The molecule has 0 saturated carbocycles. The molecule has 1 radical (unpaired) electrons. The second kappa shape index (κ2) is 14.5. The van der Waals surface area contributed by atoms with Crippen molar-refractivity contribution in [2.75, 3.05) is 0 Å². The number of hydrogen-bond acceptors (Lipinski definition) is 3. The number of hydrogen-bond donors (Lipinski definition) is 2. The quantitative estimate of drug-likeness (QED) is 0.454. The Labute approximate surface area is 133 Å². The third-order valence-corrected chi connectivity index (χ3v) is 3.63. The lowest BCUT2D eigenvalue weighted by Crippen LogP contribution is -2.36. The fourth-order valence-corrected chi connectivity index (χ4v) is 2.29. The van der Waals surface area contributed by atoms with Crippen LogP contribution in [0.2, 0.25) is 0 Å². The Morgan fingerprint density at radius 3 is 2.00 bits per heavy atom. The monoisotopic (exact) mass is 312 g/mol. The standard InChI is InChI=1S/C17H30NO4/c1-2-3-4-5-6-7-8-9-10-11-16(20)18-15(14-19)12-13-17(21)22/h15H,2-13H2,1H3,(H,18,20)(H,21,22)/t15-/m0/s1. The number of carbonyl (C=O) groups is 2.